The molecule has 1 fully saturated rings. The second kappa shape index (κ2) is 5.83. The van der Waals surface area contributed by atoms with Gasteiger partial charge in [0.1, 0.15) is 5.76 Å². The molecule has 0 unspecified atom stereocenters. The van der Waals surface area contributed by atoms with Crippen LogP contribution < -0.4 is 0 Å². The smallest absolute Gasteiger partial charge is 0.163 e. The van der Waals surface area contributed by atoms with Crippen LogP contribution in [-0.4, -0.2) is 34.2 Å². The van der Waals surface area contributed by atoms with Gasteiger partial charge in [-0.15, -0.1) is 11.3 Å². The second-order valence-electron chi connectivity index (χ2n) is 5.70. The van der Waals surface area contributed by atoms with Crippen LogP contribution in [0.1, 0.15) is 18.6 Å². The highest BCUT2D eigenvalue weighted by atomic mass is 32.1. The Kier molecular flexibility index (Phi) is 3.70. The van der Waals surface area contributed by atoms with E-state index < -0.39 is 0 Å². The molecule has 3 heterocycles. The van der Waals surface area contributed by atoms with Gasteiger partial charge < -0.3 is 9.52 Å². The van der Waals surface area contributed by atoms with Gasteiger partial charge in [-0.05, 0) is 43.7 Å². The van der Waals surface area contributed by atoms with Gasteiger partial charge in [0.2, 0.25) is 0 Å². The van der Waals surface area contributed by atoms with Crippen molar-refractivity contribution in [3.63, 3.8) is 0 Å². The van der Waals surface area contributed by atoms with Gasteiger partial charge in [-0.1, -0.05) is 12.1 Å². The highest BCUT2D eigenvalue weighted by molar-refractivity contribution is 7.21. The molecule has 4 rings (SSSR count). The lowest BCUT2D eigenvalue weighted by Gasteiger charge is -2.21. The largest absolute Gasteiger partial charge is 0.457 e. The van der Waals surface area contributed by atoms with Crippen LogP contribution in [0.15, 0.2) is 40.8 Å². The predicted molar refractivity (Wildman–Crippen MR) is 87.8 cm³/mol. The summed E-state index contributed by atoms with van der Waals surface area (Å²) in [6.45, 7) is 2.02. The number of aliphatic hydroxyl groups excluding tert-OH is 1. The molecule has 4 nitrogen and oxygen atoms in total. The number of nitrogens with zero attached hydrogens (tertiary/aromatic N) is 2. The third-order valence-electron chi connectivity index (χ3n) is 4.24. The van der Waals surface area contributed by atoms with E-state index in [1.165, 1.54) is 4.70 Å². The molecule has 2 aromatic heterocycles. The summed E-state index contributed by atoms with van der Waals surface area (Å²) in [4.78, 5) is 6.92. The molecule has 1 aliphatic rings. The van der Waals surface area contributed by atoms with Crippen LogP contribution in [-0.2, 0) is 6.54 Å². The highest BCUT2D eigenvalue weighted by Crippen LogP contribution is 2.31. The molecule has 0 saturated carbocycles. The Labute approximate surface area is 133 Å². The summed E-state index contributed by atoms with van der Waals surface area (Å²) in [5.41, 5.74) is 1.01. The van der Waals surface area contributed by atoms with Crippen molar-refractivity contribution in [1.29, 1.82) is 0 Å². The van der Waals surface area contributed by atoms with E-state index >= 15 is 0 Å². The van der Waals surface area contributed by atoms with E-state index in [-0.39, 0.29) is 12.6 Å². The molecule has 0 aliphatic carbocycles. The maximum absolute atomic E-state index is 9.40. The molecular weight excluding hydrogens is 296 g/mol. The minimum absolute atomic E-state index is 0.228. The van der Waals surface area contributed by atoms with Gasteiger partial charge in [-0.3, -0.25) is 4.90 Å². The first-order chi connectivity index (χ1) is 10.8. The Hall–Kier alpha value is -1.69. The van der Waals surface area contributed by atoms with Crippen LogP contribution in [0.25, 0.3) is 21.0 Å². The number of thiazole rings is 1. The molecule has 5 heteroatoms. The van der Waals surface area contributed by atoms with Gasteiger partial charge in [0.15, 0.2) is 10.8 Å². The van der Waals surface area contributed by atoms with E-state index in [0.29, 0.717) is 0 Å². The third kappa shape index (κ3) is 2.56. The number of aromatic nitrogens is 1. The van der Waals surface area contributed by atoms with Crippen LogP contribution in [0.2, 0.25) is 0 Å². The molecule has 114 valence electrons. The number of furan rings is 1. The first kappa shape index (κ1) is 13.9. The van der Waals surface area contributed by atoms with Crippen molar-refractivity contribution < 1.29 is 9.52 Å². The van der Waals surface area contributed by atoms with Gasteiger partial charge >= 0.3 is 0 Å². The first-order valence-electron chi connectivity index (χ1n) is 7.63. The lowest BCUT2D eigenvalue weighted by atomic mass is 10.2. The summed E-state index contributed by atoms with van der Waals surface area (Å²) in [6, 6.07) is 12.4. The number of fused-ring (bicyclic) bond motifs is 1. The van der Waals surface area contributed by atoms with Gasteiger partial charge in [-0.2, -0.15) is 0 Å². The monoisotopic (exact) mass is 314 g/mol. The highest BCUT2D eigenvalue weighted by Gasteiger charge is 2.24. The number of benzene rings is 1. The maximum atomic E-state index is 9.40. The fraction of sp³-hybridized carbons (Fsp3) is 0.353. The number of hydrogen-bond donors (Lipinski definition) is 1. The fourth-order valence-electron chi connectivity index (χ4n) is 3.07. The van der Waals surface area contributed by atoms with E-state index in [4.69, 9.17) is 4.42 Å². The van der Waals surface area contributed by atoms with Crippen molar-refractivity contribution in [3.05, 3.63) is 42.2 Å². The zero-order valence-corrected chi connectivity index (χ0v) is 13.1. The van der Waals surface area contributed by atoms with E-state index in [9.17, 15) is 5.11 Å². The average molecular weight is 314 g/mol. The summed E-state index contributed by atoms with van der Waals surface area (Å²) < 4.78 is 7.15. The Bertz CT molecular complexity index is 747. The molecule has 0 radical (unpaired) electrons. The van der Waals surface area contributed by atoms with Gasteiger partial charge in [-0.25, -0.2) is 4.98 Å². The molecule has 3 aromatic rings. The van der Waals surface area contributed by atoms with Crippen molar-refractivity contribution in [1.82, 2.24) is 9.88 Å². The van der Waals surface area contributed by atoms with E-state index in [1.807, 2.05) is 30.3 Å². The number of likely N-dealkylation sites (tertiary alicyclic amines) is 1. The Morgan fingerprint density at radius 3 is 3.05 bits per heavy atom. The molecule has 1 aromatic carbocycles. The molecule has 22 heavy (non-hydrogen) atoms. The quantitative estimate of drug-likeness (QED) is 0.800. The summed E-state index contributed by atoms with van der Waals surface area (Å²) in [6.07, 6.45) is 2.22. The molecule has 1 aliphatic heterocycles. The van der Waals surface area contributed by atoms with Crippen LogP contribution >= 0.6 is 11.3 Å². The molecular formula is C17H18N2O2S. The van der Waals surface area contributed by atoms with Crippen molar-refractivity contribution in [2.45, 2.75) is 25.4 Å². The SMILES string of the molecule is OC[C@H]1CCCN1Cc1ccc(-c2nc3ccccc3s2)o1. The number of rotatable bonds is 4. The summed E-state index contributed by atoms with van der Waals surface area (Å²) >= 11 is 1.65. The molecule has 0 amide bonds. The van der Waals surface area contributed by atoms with Crippen LogP contribution in [0.5, 0.6) is 0 Å². The molecule has 0 spiro atoms. The zero-order valence-electron chi connectivity index (χ0n) is 12.2. The van der Waals surface area contributed by atoms with Crippen LogP contribution in [0, 0.1) is 0 Å². The normalized spacial score (nSPS) is 19.2. The number of hydrogen-bond acceptors (Lipinski definition) is 5. The minimum atomic E-state index is 0.228. The zero-order chi connectivity index (χ0) is 14.9. The Morgan fingerprint density at radius 1 is 1.27 bits per heavy atom. The fourth-order valence-corrected chi connectivity index (χ4v) is 3.99. The van der Waals surface area contributed by atoms with Crippen LogP contribution in [0.4, 0.5) is 0 Å². The summed E-state index contributed by atoms with van der Waals surface area (Å²) in [5.74, 6) is 1.77. The molecule has 1 saturated heterocycles. The van der Waals surface area contributed by atoms with Crippen molar-refractivity contribution in [2.24, 2.45) is 0 Å². The number of para-hydroxylation sites is 1. The summed E-state index contributed by atoms with van der Waals surface area (Å²) in [7, 11) is 0. The Balaban J connectivity index is 1.56. The third-order valence-corrected chi connectivity index (χ3v) is 5.29. The lowest BCUT2D eigenvalue weighted by molar-refractivity contribution is 0.146. The summed E-state index contributed by atoms with van der Waals surface area (Å²) in [5, 5.41) is 10.3. The van der Waals surface area contributed by atoms with E-state index in [1.54, 1.807) is 11.3 Å². The average Bonchev–Trinajstić information content (AvgIpc) is 3.26. The van der Waals surface area contributed by atoms with Crippen LogP contribution in [0.3, 0.4) is 0 Å². The molecule has 1 N–H and O–H groups in total. The molecule has 0 bridgehead atoms. The topological polar surface area (TPSA) is 49.5 Å². The number of aliphatic hydroxyl groups is 1. The maximum Gasteiger partial charge on any atom is 0.163 e. The van der Waals surface area contributed by atoms with E-state index in [2.05, 4.69) is 16.0 Å². The standard InChI is InChI=1S/C17H18N2O2S/c20-11-12-4-3-9-19(12)10-13-7-8-15(21-13)17-18-14-5-1-2-6-16(14)22-17/h1-2,5-8,12,20H,3-4,9-11H2/t12-/m1/s1. The Morgan fingerprint density at radius 2 is 2.18 bits per heavy atom. The minimum Gasteiger partial charge on any atom is -0.457 e. The van der Waals surface area contributed by atoms with Gasteiger partial charge in [0, 0.05) is 6.04 Å². The van der Waals surface area contributed by atoms with Crippen molar-refractivity contribution in [2.75, 3.05) is 13.2 Å². The van der Waals surface area contributed by atoms with Gasteiger partial charge in [0.05, 0.1) is 23.4 Å². The van der Waals surface area contributed by atoms with Gasteiger partial charge in [0.25, 0.3) is 0 Å². The second-order valence-corrected chi connectivity index (χ2v) is 6.73. The molecule has 1 atom stereocenters. The van der Waals surface area contributed by atoms with Crippen molar-refractivity contribution in [3.8, 4) is 10.8 Å². The first-order valence-corrected chi connectivity index (χ1v) is 8.45. The van der Waals surface area contributed by atoms with Crippen molar-refractivity contribution >= 4 is 21.6 Å². The van der Waals surface area contributed by atoms with E-state index in [0.717, 1.165) is 48.0 Å². The lowest BCUT2D eigenvalue weighted by Crippen LogP contribution is -2.31. The predicted octanol–water partition coefficient (Wildman–Crippen LogP) is 3.51.